The van der Waals surface area contributed by atoms with Crippen molar-refractivity contribution < 1.29 is 14.6 Å². The number of likely N-dealkylation sites (N-methyl/N-ethyl adjacent to an activating group) is 1. The summed E-state index contributed by atoms with van der Waals surface area (Å²) in [4.78, 5) is 15.5. The average Bonchev–Trinajstić information content (AvgIpc) is 2.25. The molecule has 1 N–H and O–H groups in total. The lowest BCUT2D eigenvalue weighted by molar-refractivity contribution is -0.152. The molecule has 1 rings (SSSR count). The average molecular weight is 244 g/mol. The normalized spacial score (nSPS) is 29.2. The lowest BCUT2D eigenvalue weighted by Crippen LogP contribution is -2.56. The van der Waals surface area contributed by atoms with Crippen molar-refractivity contribution in [3.8, 4) is 0 Å². The van der Waals surface area contributed by atoms with E-state index in [1.54, 1.807) is 0 Å². The van der Waals surface area contributed by atoms with Crippen LogP contribution in [0, 0.1) is 0 Å². The highest BCUT2D eigenvalue weighted by Crippen LogP contribution is 2.14. The van der Waals surface area contributed by atoms with Gasteiger partial charge in [0.25, 0.3) is 0 Å². The lowest BCUT2D eigenvalue weighted by Gasteiger charge is -2.43. The molecule has 0 bridgehead atoms. The maximum absolute atomic E-state index is 11.0. The largest absolute Gasteiger partial charge is 0.479 e. The first kappa shape index (κ1) is 14.4. The third-order valence-electron chi connectivity index (χ3n) is 3.50. The van der Waals surface area contributed by atoms with Crippen molar-refractivity contribution >= 4 is 5.97 Å². The summed E-state index contributed by atoms with van der Waals surface area (Å²) >= 11 is 0. The van der Waals surface area contributed by atoms with E-state index in [1.807, 2.05) is 6.92 Å². The molecule has 0 aliphatic carbocycles. The molecule has 0 aromatic carbocycles. The van der Waals surface area contributed by atoms with Gasteiger partial charge in [0.05, 0.1) is 0 Å². The van der Waals surface area contributed by atoms with Crippen LogP contribution in [0.2, 0.25) is 0 Å². The molecule has 0 amide bonds. The molecule has 0 aromatic heterocycles. The van der Waals surface area contributed by atoms with Crippen LogP contribution < -0.4 is 0 Å². The number of carboxylic acid groups (broad SMARTS) is 1. The quantitative estimate of drug-likeness (QED) is 0.763. The third kappa shape index (κ3) is 3.94. The number of carbonyl (C=O) groups is 1. The third-order valence-corrected chi connectivity index (χ3v) is 3.50. The van der Waals surface area contributed by atoms with E-state index >= 15 is 0 Å². The summed E-state index contributed by atoms with van der Waals surface area (Å²) in [6.45, 7) is 8.88. The standard InChI is InChI=1S/C12H24N2O3/c1-5-17-11(12(15)16)8-14-6-9(2)13(4)10(3)7-14/h9-11H,5-8H2,1-4H3,(H,15,16). The van der Waals surface area contributed by atoms with Gasteiger partial charge in [0.2, 0.25) is 0 Å². The zero-order valence-corrected chi connectivity index (χ0v) is 11.2. The van der Waals surface area contributed by atoms with E-state index < -0.39 is 12.1 Å². The minimum absolute atomic E-state index is 0.440. The molecule has 1 aliphatic heterocycles. The summed E-state index contributed by atoms with van der Waals surface area (Å²) in [5.74, 6) is -0.869. The molecule has 0 radical (unpaired) electrons. The van der Waals surface area contributed by atoms with Gasteiger partial charge in [-0.05, 0) is 27.8 Å². The van der Waals surface area contributed by atoms with Crippen molar-refractivity contribution in [1.29, 1.82) is 0 Å². The number of rotatable bonds is 5. The first-order chi connectivity index (χ1) is 7.95. The zero-order valence-electron chi connectivity index (χ0n) is 11.2. The van der Waals surface area contributed by atoms with Crippen LogP contribution in [0.1, 0.15) is 20.8 Å². The van der Waals surface area contributed by atoms with Crippen LogP contribution in [0.4, 0.5) is 0 Å². The van der Waals surface area contributed by atoms with Crippen LogP contribution in [0.25, 0.3) is 0 Å². The van der Waals surface area contributed by atoms with Crippen LogP contribution in [0.3, 0.4) is 0 Å². The van der Waals surface area contributed by atoms with Gasteiger partial charge in [-0.1, -0.05) is 0 Å². The topological polar surface area (TPSA) is 53.0 Å². The van der Waals surface area contributed by atoms with Crippen molar-refractivity contribution in [1.82, 2.24) is 9.80 Å². The number of hydrogen-bond acceptors (Lipinski definition) is 4. The van der Waals surface area contributed by atoms with E-state index in [0.717, 1.165) is 13.1 Å². The molecule has 5 nitrogen and oxygen atoms in total. The van der Waals surface area contributed by atoms with Gasteiger partial charge in [0, 0.05) is 38.3 Å². The highest BCUT2D eigenvalue weighted by molar-refractivity contribution is 5.72. The summed E-state index contributed by atoms with van der Waals surface area (Å²) in [6, 6.07) is 0.907. The second kappa shape index (κ2) is 6.33. The first-order valence-electron chi connectivity index (χ1n) is 6.24. The number of ether oxygens (including phenoxy) is 1. The Morgan fingerprint density at radius 2 is 1.94 bits per heavy atom. The molecular formula is C12H24N2O3. The Morgan fingerprint density at radius 3 is 2.35 bits per heavy atom. The predicted octanol–water partition coefficient (Wildman–Crippen LogP) is 0.501. The van der Waals surface area contributed by atoms with E-state index in [2.05, 4.69) is 30.7 Å². The Bertz CT molecular complexity index is 248. The molecule has 3 atom stereocenters. The van der Waals surface area contributed by atoms with Gasteiger partial charge in [-0.15, -0.1) is 0 Å². The fourth-order valence-electron chi connectivity index (χ4n) is 2.30. The minimum Gasteiger partial charge on any atom is -0.479 e. The fraction of sp³-hybridized carbons (Fsp3) is 0.917. The van der Waals surface area contributed by atoms with Gasteiger partial charge in [-0.25, -0.2) is 4.79 Å². The Balaban J connectivity index is 2.53. The minimum atomic E-state index is -0.869. The highest BCUT2D eigenvalue weighted by Gasteiger charge is 2.29. The Kier molecular flexibility index (Phi) is 5.36. The molecule has 17 heavy (non-hydrogen) atoms. The van der Waals surface area contributed by atoms with Crippen molar-refractivity contribution in [3.05, 3.63) is 0 Å². The molecule has 0 spiro atoms. The Labute approximate surface area is 103 Å². The van der Waals surface area contributed by atoms with Gasteiger partial charge >= 0.3 is 5.97 Å². The van der Waals surface area contributed by atoms with E-state index in [0.29, 0.717) is 25.2 Å². The van der Waals surface area contributed by atoms with Gasteiger partial charge in [0.15, 0.2) is 6.10 Å². The van der Waals surface area contributed by atoms with Crippen LogP contribution in [-0.2, 0) is 9.53 Å². The summed E-state index contributed by atoms with van der Waals surface area (Å²) < 4.78 is 5.25. The van der Waals surface area contributed by atoms with Crippen molar-refractivity contribution in [3.63, 3.8) is 0 Å². The lowest BCUT2D eigenvalue weighted by atomic mass is 10.1. The molecule has 5 heteroatoms. The number of carboxylic acids is 1. The number of nitrogens with zero attached hydrogens (tertiary/aromatic N) is 2. The maximum atomic E-state index is 11.0. The summed E-state index contributed by atoms with van der Waals surface area (Å²) in [5, 5.41) is 9.06. The maximum Gasteiger partial charge on any atom is 0.334 e. The van der Waals surface area contributed by atoms with Crippen molar-refractivity contribution in [2.75, 3.05) is 33.3 Å². The van der Waals surface area contributed by atoms with E-state index in [4.69, 9.17) is 9.84 Å². The monoisotopic (exact) mass is 244 g/mol. The molecule has 100 valence electrons. The molecule has 1 saturated heterocycles. The van der Waals surface area contributed by atoms with Crippen LogP contribution in [-0.4, -0.2) is 72.4 Å². The smallest absolute Gasteiger partial charge is 0.334 e. The summed E-state index contributed by atoms with van der Waals surface area (Å²) in [5.41, 5.74) is 0. The molecule has 1 heterocycles. The second-order valence-corrected chi connectivity index (χ2v) is 4.86. The van der Waals surface area contributed by atoms with Gasteiger partial charge in [-0.3, -0.25) is 9.80 Å². The van der Waals surface area contributed by atoms with Gasteiger partial charge in [0.1, 0.15) is 0 Å². The number of hydrogen-bond donors (Lipinski definition) is 1. The number of aliphatic carboxylic acids is 1. The molecule has 0 saturated carbocycles. The summed E-state index contributed by atoms with van der Waals surface area (Å²) in [7, 11) is 2.11. The SMILES string of the molecule is CCOC(CN1CC(C)N(C)C(C)C1)C(=O)O. The summed E-state index contributed by atoms with van der Waals surface area (Å²) in [6.07, 6.45) is -0.706. The second-order valence-electron chi connectivity index (χ2n) is 4.86. The van der Waals surface area contributed by atoms with Crippen LogP contribution in [0.5, 0.6) is 0 Å². The Hall–Kier alpha value is -0.650. The molecule has 3 unspecified atom stereocenters. The predicted molar refractivity (Wildman–Crippen MR) is 66.2 cm³/mol. The molecule has 0 aromatic rings. The van der Waals surface area contributed by atoms with Crippen molar-refractivity contribution in [2.24, 2.45) is 0 Å². The molecule has 1 aliphatic rings. The Morgan fingerprint density at radius 1 is 1.41 bits per heavy atom. The van der Waals surface area contributed by atoms with Gasteiger partial charge < -0.3 is 9.84 Å². The highest BCUT2D eigenvalue weighted by atomic mass is 16.5. The fourth-order valence-corrected chi connectivity index (χ4v) is 2.30. The van der Waals surface area contributed by atoms with E-state index in [-0.39, 0.29) is 0 Å². The van der Waals surface area contributed by atoms with Crippen LogP contribution >= 0.6 is 0 Å². The van der Waals surface area contributed by atoms with E-state index in [1.165, 1.54) is 0 Å². The van der Waals surface area contributed by atoms with E-state index in [9.17, 15) is 4.79 Å². The zero-order chi connectivity index (χ0) is 13.0. The number of piperazine rings is 1. The van der Waals surface area contributed by atoms with Crippen LogP contribution in [0.15, 0.2) is 0 Å². The van der Waals surface area contributed by atoms with Gasteiger partial charge in [-0.2, -0.15) is 0 Å². The molecular weight excluding hydrogens is 220 g/mol. The first-order valence-corrected chi connectivity index (χ1v) is 6.24. The molecule has 1 fully saturated rings. The van der Waals surface area contributed by atoms with Crippen molar-refractivity contribution in [2.45, 2.75) is 39.0 Å².